The molecular formula is C11H13F5O10S2. The average molecular weight is 464 g/mol. The van der Waals surface area contributed by atoms with Crippen LogP contribution in [0.25, 0.3) is 0 Å². The minimum atomic E-state index is -5.94. The molecule has 1 aliphatic rings. The number of hydrogen-bond acceptors (Lipinski definition) is 8. The van der Waals surface area contributed by atoms with E-state index in [1.54, 1.807) is 0 Å². The van der Waals surface area contributed by atoms with Crippen molar-refractivity contribution in [1.82, 2.24) is 0 Å². The zero-order valence-electron chi connectivity index (χ0n) is 13.6. The first-order valence-corrected chi connectivity index (χ1v) is 10.1. The van der Waals surface area contributed by atoms with Crippen LogP contribution >= 0.6 is 0 Å². The van der Waals surface area contributed by atoms with Crippen molar-refractivity contribution in [3.63, 3.8) is 0 Å². The van der Waals surface area contributed by atoms with Gasteiger partial charge in [-0.2, -0.15) is 38.8 Å². The highest BCUT2D eigenvalue weighted by atomic mass is 32.2. The summed E-state index contributed by atoms with van der Waals surface area (Å²) in [5.41, 5.74) is 0. The van der Waals surface area contributed by atoms with Crippen LogP contribution in [-0.4, -0.2) is 67.3 Å². The number of hydrogen-bond donors (Lipinski definition) is 2. The lowest BCUT2D eigenvalue weighted by Gasteiger charge is -2.21. The topological polar surface area (TPSA) is 161 Å². The van der Waals surface area contributed by atoms with Gasteiger partial charge < -0.3 is 9.47 Å². The number of carbonyl (C=O) groups excluding carboxylic acids is 2. The van der Waals surface area contributed by atoms with E-state index in [1.165, 1.54) is 0 Å². The highest BCUT2D eigenvalue weighted by Gasteiger charge is 2.57. The van der Waals surface area contributed by atoms with Gasteiger partial charge in [-0.15, -0.1) is 0 Å². The second-order valence-corrected chi connectivity index (χ2v) is 8.77. The highest BCUT2D eigenvalue weighted by molar-refractivity contribution is 7.87. The molecule has 0 bridgehead atoms. The van der Waals surface area contributed by atoms with Crippen molar-refractivity contribution in [2.45, 2.75) is 37.0 Å². The SMILES string of the molecule is CC(OC(=O)C1CC1C(=O)OC(CS(=O)(=O)O)C(F)(F)F)C(F)(F)S(=O)(=O)O. The number of esters is 2. The van der Waals surface area contributed by atoms with E-state index in [1.807, 2.05) is 0 Å². The Kier molecular flexibility index (Phi) is 6.70. The predicted molar refractivity (Wildman–Crippen MR) is 76.0 cm³/mol. The molecule has 4 atom stereocenters. The van der Waals surface area contributed by atoms with Gasteiger partial charge in [0.25, 0.3) is 10.1 Å². The standard InChI is InChI=1S/C11H13F5O10S2/c1-4(11(15,16)28(22,23)24)25-8(17)5-2-6(5)9(18)26-7(10(12,13)14)3-27(19,20)21/h4-7H,2-3H2,1H3,(H,19,20,21)(H,22,23,24). The monoisotopic (exact) mass is 464 g/mol. The predicted octanol–water partition coefficient (Wildman–Crippen LogP) is 0.397. The van der Waals surface area contributed by atoms with Gasteiger partial charge in [0.1, 0.15) is 5.75 Å². The molecule has 1 aliphatic carbocycles. The largest absolute Gasteiger partial charge is 0.455 e. The van der Waals surface area contributed by atoms with Crippen molar-refractivity contribution in [2.75, 3.05) is 5.75 Å². The summed E-state index contributed by atoms with van der Waals surface area (Å²) < 4.78 is 132. The molecule has 4 unspecified atom stereocenters. The molecule has 0 aromatic carbocycles. The van der Waals surface area contributed by atoms with Crippen LogP contribution in [0.3, 0.4) is 0 Å². The van der Waals surface area contributed by atoms with Crippen LogP contribution < -0.4 is 0 Å². The lowest BCUT2D eigenvalue weighted by Crippen LogP contribution is -2.42. The Bertz CT molecular complexity index is 834. The van der Waals surface area contributed by atoms with E-state index in [-0.39, 0.29) is 0 Å². The number of alkyl halides is 5. The zero-order valence-corrected chi connectivity index (χ0v) is 15.2. The number of carbonyl (C=O) groups is 2. The van der Waals surface area contributed by atoms with E-state index in [4.69, 9.17) is 9.11 Å². The lowest BCUT2D eigenvalue weighted by molar-refractivity contribution is -0.216. The summed E-state index contributed by atoms with van der Waals surface area (Å²) in [6.07, 6.45) is -11.8. The first-order valence-electron chi connectivity index (χ1n) is 7.05. The molecule has 0 saturated heterocycles. The molecule has 17 heteroatoms. The molecule has 0 radical (unpaired) electrons. The molecule has 0 amide bonds. The van der Waals surface area contributed by atoms with Crippen LogP contribution in [0, 0.1) is 11.8 Å². The van der Waals surface area contributed by atoms with Crippen LogP contribution in [0.15, 0.2) is 0 Å². The average Bonchev–Trinajstić information content (AvgIpc) is 3.23. The minimum absolute atomic E-state index is 0.410. The van der Waals surface area contributed by atoms with Gasteiger partial charge in [0.2, 0.25) is 6.10 Å². The fraction of sp³-hybridized carbons (Fsp3) is 0.818. The molecule has 164 valence electrons. The number of ether oxygens (including phenoxy) is 2. The second kappa shape index (κ2) is 7.68. The summed E-state index contributed by atoms with van der Waals surface area (Å²) in [4.78, 5) is 23.2. The fourth-order valence-corrected chi connectivity index (χ4v) is 2.98. The molecule has 28 heavy (non-hydrogen) atoms. The molecule has 0 heterocycles. The molecule has 1 rings (SSSR count). The van der Waals surface area contributed by atoms with E-state index in [2.05, 4.69) is 9.47 Å². The van der Waals surface area contributed by atoms with Gasteiger partial charge in [0, 0.05) is 0 Å². The first kappa shape index (κ1) is 24.4. The quantitative estimate of drug-likeness (QED) is 0.292. The highest BCUT2D eigenvalue weighted by Crippen LogP contribution is 2.42. The molecule has 1 fully saturated rings. The third kappa shape index (κ3) is 6.21. The normalized spacial score (nSPS) is 22.9. The van der Waals surface area contributed by atoms with Crippen molar-refractivity contribution in [2.24, 2.45) is 11.8 Å². The Morgan fingerprint density at radius 3 is 1.79 bits per heavy atom. The fourth-order valence-electron chi connectivity index (χ4n) is 1.87. The number of rotatable bonds is 8. The van der Waals surface area contributed by atoms with Crippen molar-refractivity contribution in [3.05, 3.63) is 0 Å². The van der Waals surface area contributed by atoms with Crippen LogP contribution in [0.4, 0.5) is 22.0 Å². The minimum Gasteiger partial charge on any atom is -0.455 e. The Labute approximate surface area is 154 Å². The third-order valence-electron chi connectivity index (χ3n) is 3.49. The van der Waals surface area contributed by atoms with E-state index in [0.29, 0.717) is 6.92 Å². The molecular weight excluding hydrogens is 451 g/mol. The van der Waals surface area contributed by atoms with Crippen LogP contribution in [0.2, 0.25) is 0 Å². The molecule has 10 nitrogen and oxygen atoms in total. The summed E-state index contributed by atoms with van der Waals surface area (Å²) >= 11 is 0. The van der Waals surface area contributed by atoms with Crippen molar-refractivity contribution in [1.29, 1.82) is 0 Å². The van der Waals surface area contributed by atoms with E-state index < -0.39 is 79.8 Å². The van der Waals surface area contributed by atoms with Crippen LogP contribution in [0.1, 0.15) is 13.3 Å². The first-order chi connectivity index (χ1) is 12.3. The Hall–Kier alpha value is -1.59. The van der Waals surface area contributed by atoms with Crippen molar-refractivity contribution in [3.8, 4) is 0 Å². The maximum atomic E-state index is 13.3. The number of halogens is 5. The summed E-state index contributed by atoms with van der Waals surface area (Å²) in [5, 5.41) is -4.88. The molecule has 0 aliphatic heterocycles. The molecule has 0 aromatic heterocycles. The van der Waals surface area contributed by atoms with Gasteiger partial charge in [0.15, 0.2) is 6.10 Å². The van der Waals surface area contributed by atoms with Crippen LogP contribution in [0.5, 0.6) is 0 Å². The van der Waals surface area contributed by atoms with Gasteiger partial charge in [-0.05, 0) is 13.3 Å². The third-order valence-corrected chi connectivity index (χ3v) is 5.24. The van der Waals surface area contributed by atoms with Gasteiger partial charge in [-0.1, -0.05) is 0 Å². The molecule has 2 N–H and O–H groups in total. The molecule has 0 aromatic rings. The summed E-state index contributed by atoms with van der Waals surface area (Å²) in [6, 6.07) is 0. The van der Waals surface area contributed by atoms with Gasteiger partial charge in [0.05, 0.1) is 11.8 Å². The van der Waals surface area contributed by atoms with E-state index in [9.17, 15) is 48.4 Å². The van der Waals surface area contributed by atoms with Crippen molar-refractivity contribution >= 4 is 32.2 Å². The Balaban J connectivity index is 2.74. The summed E-state index contributed by atoms with van der Waals surface area (Å²) in [7, 11) is -11.1. The summed E-state index contributed by atoms with van der Waals surface area (Å²) in [5.74, 6) is -8.42. The Morgan fingerprint density at radius 2 is 1.43 bits per heavy atom. The smallest absolute Gasteiger partial charge is 0.426 e. The molecule has 1 saturated carbocycles. The van der Waals surface area contributed by atoms with Gasteiger partial charge in [-0.3, -0.25) is 18.7 Å². The lowest BCUT2D eigenvalue weighted by atomic mass is 10.3. The maximum absolute atomic E-state index is 13.3. The molecule has 0 spiro atoms. The summed E-state index contributed by atoms with van der Waals surface area (Å²) in [6.45, 7) is 0.410. The second-order valence-electron chi connectivity index (χ2n) is 5.78. The van der Waals surface area contributed by atoms with Crippen LogP contribution in [-0.2, 0) is 39.3 Å². The Morgan fingerprint density at radius 1 is 1.00 bits per heavy atom. The van der Waals surface area contributed by atoms with Gasteiger partial charge >= 0.3 is 33.5 Å². The maximum Gasteiger partial charge on any atom is 0.426 e. The van der Waals surface area contributed by atoms with Gasteiger partial charge in [-0.25, -0.2) is 0 Å². The zero-order chi connectivity index (χ0) is 22.3. The van der Waals surface area contributed by atoms with E-state index in [0.717, 1.165) is 0 Å². The van der Waals surface area contributed by atoms with E-state index >= 15 is 0 Å². The van der Waals surface area contributed by atoms with Crippen molar-refractivity contribution < 1.29 is 67.0 Å².